The molecule has 10 fully saturated rings. The summed E-state index contributed by atoms with van der Waals surface area (Å²) in [6.07, 6.45) is 12.8. The Labute approximate surface area is 820 Å². The van der Waals surface area contributed by atoms with Crippen molar-refractivity contribution in [3.63, 3.8) is 0 Å². The Kier molecular flexibility index (Phi) is 35.0. The van der Waals surface area contributed by atoms with E-state index in [2.05, 4.69) is 87.4 Å². The lowest BCUT2D eigenvalue weighted by Gasteiger charge is -2.40. The molecule has 37 nitrogen and oxygen atoms in total. The summed E-state index contributed by atoms with van der Waals surface area (Å²) in [5.74, 6) is -8.27. The van der Waals surface area contributed by atoms with E-state index in [-0.39, 0.29) is 143 Å². The highest BCUT2D eigenvalue weighted by Crippen LogP contribution is 2.67. The fraction of sp³-hybridized carbons (Fsp3) is 0.755. The zero-order chi connectivity index (χ0) is 104. The van der Waals surface area contributed by atoms with Gasteiger partial charge in [0.25, 0.3) is 23.3 Å². The van der Waals surface area contributed by atoms with Gasteiger partial charge in [-0.25, -0.2) is 14.4 Å². The molecule has 139 heavy (non-hydrogen) atoms. The number of hydrogen-bond donors (Lipinski definition) is 12. The molecule has 18 amide bonds. The Bertz CT molecular complexity index is 4880. The molecule has 0 spiro atoms. The number of pyridine rings is 1. The zero-order valence-electron chi connectivity index (χ0n) is 87.0. The number of nitrogens with two attached hydrogens (primary N) is 2. The monoisotopic (exact) mass is 1940 g/mol. The molecule has 18 atom stereocenters. The molecule has 6 heterocycles. The summed E-state index contributed by atoms with van der Waals surface area (Å²) in [7, 11) is 0. The van der Waals surface area contributed by atoms with Crippen LogP contribution in [0, 0.1) is 96.1 Å². The van der Waals surface area contributed by atoms with Crippen molar-refractivity contribution < 1.29 is 86.3 Å². The van der Waals surface area contributed by atoms with E-state index in [1.54, 1.807) is 28.1 Å². The summed E-state index contributed by atoms with van der Waals surface area (Å²) in [4.78, 5) is 257. The molecule has 774 valence electrons. The van der Waals surface area contributed by atoms with Gasteiger partial charge in [-0.3, -0.25) is 81.6 Å². The number of carbonyl (C=O) groups is 18. The third-order valence-corrected chi connectivity index (χ3v) is 31.0. The lowest BCUT2D eigenvalue weighted by atomic mass is 9.80. The molecule has 5 saturated heterocycles. The maximum Gasteiger partial charge on any atom is 0.315 e. The number of nitrogens with one attached hydrogen (secondary N) is 10. The Morgan fingerprint density at radius 2 is 0.806 bits per heavy atom. The van der Waals surface area contributed by atoms with Crippen molar-refractivity contribution in [2.24, 2.45) is 108 Å². The van der Waals surface area contributed by atoms with E-state index in [9.17, 15) is 91.1 Å². The Morgan fingerprint density at radius 3 is 1.13 bits per heavy atom. The number of carbonyl (C=O) groups excluding carboxylic acids is 18. The van der Waals surface area contributed by atoms with Gasteiger partial charge in [-0.2, -0.15) is 0 Å². The molecule has 3 unspecified atom stereocenters. The molecule has 1 aromatic rings. The average Bonchev–Trinajstić information content (AvgIpc) is 1.53. The van der Waals surface area contributed by atoms with Crippen molar-refractivity contribution in [2.75, 3.05) is 45.8 Å². The average molecular weight is 1940 g/mol. The van der Waals surface area contributed by atoms with Crippen molar-refractivity contribution in [1.82, 2.24) is 82.2 Å². The fourth-order valence-electron chi connectivity index (χ4n) is 21.0. The van der Waals surface area contributed by atoms with Gasteiger partial charge in [0, 0.05) is 83.9 Å². The molecule has 5 aliphatic carbocycles. The minimum atomic E-state index is -1.10. The van der Waals surface area contributed by atoms with Crippen LogP contribution in [0.15, 0.2) is 41.8 Å². The predicted octanol–water partition coefficient (Wildman–Crippen LogP) is 6.43. The summed E-state index contributed by atoms with van der Waals surface area (Å²) >= 11 is 0. The minimum absolute atomic E-state index is 0.0130. The first-order valence-electron chi connectivity index (χ1n) is 50.0. The molecule has 1 aromatic heterocycles. The lowest BCUT2D eigenvalue weighted by molar-refractivity contribution is -0.145. The second-order valence-corrected chi connectivity index (χ2v) is 48.9. The lowest BCUT2D eigenvalue weighted by Crippen LogP contribution is -2.63. The van der Waals surface area contributed by atoms with Gasteiger partial charge in [0.1, 0.15) is 36.3 Å². The molecular weight excluding hydrogens is 1780 g/mol. The summed E-state index contributed by atoms with van der Waals surface area (Å²) in [5, 5.41) is 28.4. The number of piperidine rings is 4. The highest BCUT2D eigenvalue weighted by atomic mass is 16.2. The highest BCUT2D eigenvalue weighted by molar-refractivity contribution is 6.39. The van der Waals surface area contributed by atoms with E-state index in [1.807, 2.05) is 145 Å². The van der Waals surface area contributed by atoms with Gasteiger partial charge in [0.05, 0.1) is 36.3 Å². The smallest absolute Gasteiger partial charge is 0.315 e. The quantitative estimate of drug-likeness (QED) is 0.0195. The molecule has 37 heteroatoms. The molecule has 5 saturated carbocycles. The second kappa shape index (κ2) is 43.4. The molecule has 5 aliphatic heterocycles. The first kappa shape index (κ1) is 112. The normalized spacial score (nSPS) is 24.6. The number of hydrogen-bond acceptors (Lipinski definition) is 19. The topological polar surface area (TPSA) is 518 Å². The SMILES string of the molecule is C=CCNC(=O)C(=O)C(CCCC)NC(=O)[C@@H]1[C@@H]2[C@H](CN1C(=O)[C@@H](NC(=O)N[C@H](CN1C(=O)CCC1=O)C(C)(C)C)C(C)(C)C)C2(C)C.CC(C)(C)[C@H](NC(=O)N[C@H](CN1CCCCC1=O)C(C)(C)C)C(=O)N1C[C@H]2[C@@H]([C@H]1C(=O)NC(CC1CC1)C(=O)C(N)=O)C2(C)C.CC(C)(C)[C@H](NC(=O)N[C@H](Cn1ccccc1=O)C(C)(C)C)C(=O)N1C[C@H]2[C@@H]([C@H]1C(=O)NC(CC1CCC1)C(=O)C(N)=O)C2(C)C. The third-order valence-electron chi connectivity index (χ3n) is 31.0. The number of imide groups is 1. The maximum atomic E-state index is 14.4. The van der Waals surface area contributed by atoms with Gasteiger partial charge < -0.3 is 88.8 Å². The van der Waals surface area contributed by atoms with E-state index in [1.165, 1.54) is 31.4 Å². The fourth-order valence-corrected chi connectivity index (χ4v) is 21.0. The number of ketones is 3. The van der Waals surface area contributed by atoms with Gasteiger partial charge >= 0.3 is 18.1 Å². The Hall–Kier alpha value is -10.7. The number of rotatable bonds is 36. The highest BCUT2D eigenvalue weighted by Gasteiger charge is 2.73. The van der Waals surface area contributed by atoms with Crippen LogP contribution in [-0.2, 0) is 78.5 Å². The van der Waals surface area contributed by atoms with Crippen LogP contribution >= 0.6 is 0 Å². The van der Waals surface area contributed by atoms with E-state index < -0.39 is 176 Å². The minimum Gasteiger partial charge on any atom is -0.363 e. The molecule has 0 radical (unpaired) electrons. The van der Waals surface area contributed by atoms with Crippen LogP contribution in [0.3, 0.4) is 0 Å². The van der Waals surface area contributed by atoms with Crippen LogP contribution in [-0.4, -0.2) is 254 Å². The van der Waals surface area contributed by atoms with Crippen molar-refractivity contribution in [3.8, 4) is 0 Å². The molecule has 10 aliphatic rings. The largest absolute Gasteiger partial charge is 0.363 e. The number of nitrogens with zero attached hydrogens (tertiary/aromatic N) is 6. The van der Waals surface area contributed by atoms with Crippen molar-refractivity contribution >= 4 is 106 Å². The van der Waals surface area contributed by atoms with E-state index in [0.29, 0.717) is 58.4 Å². The Morgan fingerprint density at radius 1 is 0.439 bits per heavy atom. The number of unbranched alkanes of at least 4 members (excludes halogenated alkanes) is 1. The van der Waals surface area contributed by atoms with E-state index in [0.717, 1.165) is 51.4 Å². The first-order valence-corrected chi connectivity index (χ1v) is 50.0. The van der Waals surface area contributed by atoms with Crippen LogP contribution in [0.4, 0.5) is 14.4 Å². The Balaban J connectivity index is 0.000000233. The van der Waals surface area contributed by atoms with E-state index >= 15 is 0 Å². The molecular formula is C102H162N18O19. The molecule has 0 bridgehead atoms. The summed E-state index contributed by atoms with van der Waals surface area (Å²) in [6.45, 7) is 54.3. The third kappa shape index (κ3) is 27.2. The summed E-state index contributed by atoms with van der Waals surface area (Å²) in [6, 6.07) is -6.94. The number of primary amides is 2. The van der Waals surface area contributed by atoms with Crippen molar-refractivity contribution in [1.29, 1.82) is 0 Å². The van der Waals surface area contributed by atoms with Crippen LogP contribution in [0.5, 0.6) is 0 Å². The predicted molar refractivity (Wildman–Crippen MR) is 522 cm³/mol. The summed E-state index contributed by atoms with van der Waals surface area (Å²) < 4.78 is 1.53. The zero-order valence-corrected chi connectivity index (χ0v) is 87.0. The number of urea groups is 3. The first-order chi connectivity index (χ1) is 64.1. The van der Waals surface area contributed by atoms with Gasteiger partial charge in [0.15, 0.2) is 0 Å². The number of Topliss-reactive ketones (excluding diaryl/α,β-unsaturated/α-hetero) is 3. The molecule has 11 rings (SSSR count). The van der Waals surface area contributed by atoms with Gasteiger partial charge in [0.2, 0.25) is 70.5 Å². The number of aromatic nitrogens is 1. The standard InChI is InChI=1S/C35H56N6O7.C34H52N6O6.C33H54N6O6/c1-11-13-14-21(27(44)30(46)36-17-12-2)37-29(45)26-25-20(35(25,9)10)18-41(26)31(47)28(34(6,7)8)39-32(48)38-22(33(3,4)5)19-40-23(42)15-16-24(40)43;1-32(2,3)22(18-39-15-10-9-14-23(39)41)37-31(46)38-27(33(4,5)6)30(45)40-17-20-24(34(20,7)8)25(40)29(44)36-21(26(42)28(35)43)16-19-12-11-13-19;1-31(2,3)21(17-38-14-10-9-11-22(38)40)36-30(45)37-26(32(4,5)6)29(44)39-16-19-23(33(19,7)8)24(39)28(43)35-20(15-18-12-13-18)25(41)27(34)42/h12,20-22,25-26,28H,2,11,13-19H2,1,3-10H3,(H,36,46)(H,37,45)(H2,38,39,48);9-10,14-15,19-22,24-25,27H,11-13,16-18H2,1-8H3,(H2,35,43)(H,36,44)(H2,37,38,46);18-21,23-24,26H,9-17H2,1-8H3,(H2,34,42)(H,35,43)(H2,36,37,45)/t20-,21?,22+,25-,26-,28+;20-,21?,22+,24-,25-,27+;19-,20?,21+,23-,24-,26+/m000/s1. The van der Waals surface area contributed by atoms with Crippen LogP contribution in [0.25, 0.3) is 0 Å². The number of fused-ring (bicyclic) bond motifs is 3. The van der Waals surface area contributed by atoms with E-state index in [4.69, 9.17) is 11.5 Å². The molecule has 0 aromatic carbocycles. The van der Waals surface area contributed by atoms with Crippen molar-refractivity contribution in [3.05, 3.63) is 47.4 Å². The van der Waals surface area contributed by atoms with Crippen LogP contribution < -0.4 is 70.2 Å². The van der Waals surface area contributed by atoms with Crippen molar-refractivity contribution in [2.45, 2.75) is 348 Å². The number of likely N-dealkylation sites (tertiary alicyclic amines) is 5. The van der Waals surface area contributed by atoms with Gasteiger partial charge in [-0.1, -0.05) is 230 Å². The maximum absolute atomic E-state index is 14.4. The number of amides is 18. The molecule has 14 N–H and O–H groups in total. The van der Waals surface area contributed by atoms with Crippen LogP contribution in [0.1, 0.15) is 269 Å². The van der Waals surface area contributed by atoms with Crippen LogP contribution in [0.2, 0.25) is 0 Å². The second-order valence-electron chi connectivity index (χ2n) is 48.9. The van der Waals surface area contributed by atoms with Gasteiger partial charge in [-0.05, 0) is 134 Å². The van der Waals surface area contributed by atoms with Gasteiger partial charge in [-0.15, -0.1) is 6.58 Å². The summed E-state index contributed by atoms with van der Waals surface area (Å²) in [5.41, 5.74) is 6.38.